The highest BCUT2D eigenvalue weighted by Crippen LogP contribution is 2.45. The van der Waals surface area contributed by atoms with Crippen LogP contribution in [0.2, 0.25) is 0 Å². The molecule has 7 nitrogen and oxygen atoms in total. The molecule has 1 unspecified atom stereocenters. The van der Waals surface area contributed by atoms with Gasteiger partial charge in [-0.25, -0.2) is 18.7 Å². The highest BCUT2D eigenvalue weighted by atomic mass is 19.1. The van der Waals surface area contributed by atoms with Gasteiger partial charge in [0, 0.05) is 24.2 Å². The van der Waals surface area contributed by atoms with Crippen molar-refractivity contribution in [2.45, 2.75) is 64.0 Å². The molecule has 2 saturated heterocycles. The van der Waals surface area contributed by atoms with E-state index in [9.17, 15) is 9.50 Å². The molecular weight excluding hydrogens is 538 g/mol. The first kappa shape index (κ1) is 27.1. The molecule has 3 aliphatic heterocycles. The van der Waals surface area contributed by atoms with Crippen LogP contribution in [0.3, 0.4) is 0 Å². The monoisotopic (exact) mass is 574 g/mol. The highest BCUT2D eigenvalue weighted by Gasteiger charge is 2.33. The lowest BCUT2D eigenvalue weighted by Gasteiger charge is -2.30. The number of nitrogens with zero attached hydrogens (tertiary/aromatic N) is 4. The number of ether oxygens (including phenoxy) is 2. The van der Waals surface area contributed by atoms with Gasteiger partial charge in [0.1, 0.15) is 36.0 Å². The molecule has 2 aromatic heterocycles. The van der Waals surface area contributed by atoms with E-state index in [1.807, 2.05) is 13.0 Å². The van der Waals surface area contributed by atoms with E-state index < -0.39 is 5.82 Å². The SMILES string of the molecule is CCc1c(F)ccc2cc(O)cc(-c3nc4c5c(cc(OC[C@H]6CCCN6C)nc5c3F)N3CCCCCC3CO4)c12. The van der Waals surface area contributed by atoms with Crippen LogP contribution in [0.25, 0.3) is 32.9 Å². The van der Waals surface area contributed by atoms with Crippen LogP contribution in [-0.2, 0) is 6.42 Å². The van der Waals surface area contributed by atoms with E-state index >= 15 is 4.39 Å². The first-order chi connectivity index (χ1) is 20.4. The second-order valence-corrected chi connectivity index (χ2v) is 11.8. The van der Waals surface area contributed by atoms with Crippen molar-refractivity contribution in [3.63, 3.8) is 0 Å². The zero-order chi connectivity index (χ0) is 29.0. The Morgan fingerprint density at radius 1 is 1.02 bits per heavy atom. The van der Waals surface area contributed by atoms with E-state index in [-0.39, 0.29) is 34.9 Å². The van der Waals surface area contributed by atoms with Crippen molar-refractivity contribution in [3.05, 3.63) is 47.5 Å². The maximum Gasteiger partial charge on any atom is 0.225 e. The molecule has 0 spiro atoms. The Hall–Kier alpha value is -3.72. The largest absolute Gasteiger partial charge is 0.508 e. The number of rotatable bonds is 5. The smallest absolute Gasteiger partial charge is 0.225 e. The number of phenols is 1. The molecule has 3 aliphatic rings. The van der Waals surface area contributed by atoms with Crippen LogP contribution in [0.4, 0.5) is 14.5 Å². The summed E-state index contributed by atoms with van der Waals surface area (Å²) in [6.07, 6.45) is 6.80. The maximum atomic E-state index is 16.9. The minimum absolute atomic E-state index is 0.0260. The van der Waals surface area contributed by atoms with Crippen molar-refractivity contribution in [3.8, 4) is 28.8 Å². The van der Waals surface area contributed by atoms with Crippen molar-refractivity contribution in [2.24, 2.45) is 0 Å². The minimum Gasteiger partial charge on any atom is -0.508 e. The molecule has 2 aromatic carbocycles. The third kappa shape index (κ3) is 4.58. The summed E-state index contributed by atoms with van der Waals surface area (Å²) in [4.78, 5) is 14.1. The number of pyridine rings is 2. The van der Waals surface area contributed by atoms with Crippen molar-refractivity contribution < 1.29 is 23.4 Å². The molecule has 2 fully saturated rings. The van der Waals surface area contributed by atoms with Crippen LogP contribution in [0.1, 0.15) is 51.0 Å². The molecule has 5 heterocycles. The fourth-order valence-electron chi connectivity index (χ4n) is 7.03. The number of hydrogen-bond donors (Lipinski definition) is 1. The van der Waals surface area contributed by atoms with Gasteiger partial charge >= 0.3 is 0 Å². The molecular formula is C33H36F2N4O3. The van der Waals surface area contributed by atoms with Gasteiger partial charge in [0.25, 0.3) is 0 Å². The summed E-state index contributed by atoms with van der Waals surface area (Å²) in [5, 5.41) is 12.3. The topological polar surface area (TPSA) is 71.0 Å². The summed E-state index contributed by atoms with van der Waals surface area (Å²) < 4.78 is 44.5. The zero-order valence-electron chi connectivity index (χ0n) is 24.1. The molecule has 0 saturated carbocycles. The number of aryl methyl sites for hydroxylation is 1. The molecule has 0 bridgehead atoms. The zero-order valence-corrected chi connectivity index (χ0v) is 24.1. The second-order valence-electron chi connectivity index (χ2n) is 11.8. The first-order valence-corrected chi connectivity index (χ1v) is 15.1. The summed E-state index contributed by atoms with van der Waals surface area (Å²) in [5.74, 6) is -0.420. The number of hydrogen-bond acceptors (Lipinski definition) is 7. The van der Waals surface area contributed by atoms with E-state index in [2.05, 4.69) is 16.8 Å². The van der Waals surface area contributed by atoms with Crippen LogP contribution in [-0.4, -0.2) is 65.4 Å². The predicted octanol–water partition coefficient (Wildman–Crippen LogP) is 6.61. The standard InChI is InChI=1S/C33H36F2N4O3/c1-3-23-25(34)11-10-19-14-22(40)15-24(28(19)23)31-30(35)32-29-26(16-27(36-32)41-17-20-9-7-12-38(20)2)39-13-6-4-5-8-21(39)18-42-33(29)37-31/h10-11,14-16,20-21,40H,3-9,12-13,17-18H2,1-2H3/t20-,21?/m1/s1. The summed E-state index contributed by atoms with van der Waals surface area (Å²) in [6, 6.07) is 8.31. The number of likely N-dealkylation sites (tertiary alicyclic amines) is 1. The van der Waals surface area contributed by atoms with E-state index in [1.54, 1.807) is 12.1 Å². The quantitative estimate of drug-likeness (QED) is 0.288. The Balaban J connectivity index is 1.46. The fourth-order valence-corrected chi connectivity index (χ4v) is 7.03. The number of fused-ring (bicyclic) bond motifs is 3. The number of aromatic hydroxyl groups is 1. The van der Waals surface area contributed by atoms with E-state index in [1.165, 1.54) is 12.1 Å². The van der Waals surface area contributed by atoms with Gasteiger partial charge in [-0.15, -0.1) is 0 Å². The summed E-state index contributed by atoms with van der Waals surface area (Å²) in [6.45, 7) is 4.60. The Labute approximate surface area is 244 Å². The molecule has 0 aliphatic carbocycles. The number of anilines is 1. The molecule has 1 N–H and O–H groups in total. The molecule has 9 heteroatoms. The average molecular weight is 575 g/mol. The number of halogens is 2. The second kappa shape index (κ2) is 10.8. The Morgan fingerprint density at radius 3 is 2.71 bits per heavy atom. The minimum atomic E-state index is -0.645. The maximum absolute atomic E-state index is 16.9. The van der Waals surface area contributed by atoms with Crippen LogP contribution in [0.5, 0.6) is 17.5 Å². The lowest BCUT2D eigenvalue weighted by atomic mass is 9.94. The highest BCUT2D eigenvalue weighted by molar-refractivity contribution is 6.04. The number of benzene rings is 2. The summed E-state index contributed by atoms with van der Waals surface area (Å²) in [7, 11) is 2.10. The molecule has 4 aromatic rings. The van der Waals surface area contributed by atoms with E-state index in [0.29, 0.717) is 58.7 Å². The summed E-state index contributed by atoms with van der Waals surface area (Å²) in [5.41, 5.74) is 1.66. The fraction of sp³-hybridized carbons (Fsp3) is 0.455. The lowest BCUT2D eigenvalue weighted by molar-refractivity contribution is 0.193. The summed E-state index contributed by atoms with van der Waals surface area (Å²) >= 11 is 0. The van der Waals surface area contributed by atoms with Crippen molar-refractivity contribution >= 4 is 27.4 Å². The first-order valence-electron chi connectivity index (χ1n) is 15.1. The van der Waals surface area contributed by atoms with E-state index in [4.69, 9.17) is 19.4 Å². The molecule has 42 heavy (non-hydrogen) atoms. The van der Waals surface area contributed by atoms with Gasteiger partial charge < -0.3 is 24.4 Å². The molecule has 7 rings (SSSR count). The molecule has 0 amide bonds. The van der Waals surface area contributed by atoms with Crippen LogP contribution in [0, 0.1) is 11.6 Å². The van der Waals surface area contributed by atoms with Gasteiger partial charge in [-0.3, -0.25) is 0 Å². The lowest BCUT2D eigenvalue weighted by Crippen LogP contribution is -2.38. The Bertz CT molecular complexity index is 1680. The van der Waals surface area contributed by atoms with Gasteiger partial charge in [-0.2, -0.15) is 0 Å². The predicted molar refractivity (Wildman–Crippen MR) is 160 cm³/mol. The van der Waals surface area contributed by atoms with Crippen molar-refractivity contribution in [1.82, 2.24) is 14.9 Å². The van der Waals surface area contributed by atoms with Gasteiger partial charge in [-0.1, -0.05) is 25.8 Å². The number of likely N-dealkylation sites (N-methyl/N-ethyl adjacent to an activating group) is 1. The van der Waals surface area contributed by atoms with Crippen LogP contribution >= 0.6 is 0 Å². The van der Waals surface area contributed by atoms with Crippen LogP contribution < -0.4 is 14.4 Å². The Kier molecular flexibility index (Phi) is 7.00. The third-order valence-corrected chi connectivity index (χ3v) is 9.27. The van der Waals surface area contributed by atoms with Gasteiger partial charge in [0.15, 0.2) is 5.82 Å². The van der Waals surface area contributed by atoms with Crippen molar-refractivity contribution in [2.75, 3.05) is 38.3 Å². The van der Waals surface area contributed by atoms with Gasteiger partial charge in [0.05, 0.1) is 17.1 Å². The van der Waals surface area contributed by atoms with Crippen molar-refractivity contribution in [1.29, 1.82) is 0 Å². The van der Waals surface area contributed by atoms with Crippen LogP contribution in [0.15, 0.2) is 30.3 Å². The number of phenolic OH excluding ortho intramolecular Hbond substituents is 1. The number of aromatic nitrogens is 2. The molecule has 220 valence electrons. The van der Waals surface area contributed by atoms with Gasteiger partial charge in [-0.05, 0) is 80.2 Å². The normalized spacial score (nSPS) is 20.8. The van der Waals surface area contributed by atoms with Gasteiger partial charge in [0.2, 0.25) is 11.8 Å². The third-order valence-electron chi connectivity index (χ3n) is 9.27. The molecule has 2 atom stereocenters. The van der Waals surface area contributed by atoms with E-state index in [0.717, 1.165) is 57.3 Å². The average Bonchev–Trinajstić information content (AvgIpc) is 3.17. The Morgan fingerprint density at radius 2 is 1.90 bits per heavy atom. The molecule has 0 radical (unpaired) electrons.